The van der Waals surface area contributed by atoms with Crippen LogP contribution in [-0.2, 0) is 4.79 Å². The van der Waals surface area contributed by atoms with Crippen LogP contribution < -0.4 is 16.4 Å². The standard InChI is InChI=1S/C16H16N4O3S/c17-16(18)20-11-4-1-3-10(7-11)15(23)19-12-5-2-6-13(8-12)24-9-14(21)22/h1-8H,9H2,(H,19,23)(H,21,22)(H4,17,18,20). The molecule has 0 aliphatic heterocycles. The number of nitrogens with two attached hydrogens (primary N) is 1. The molecule has 0 bridgehead atoms. The summed E-state index contributed by atoms with van der Waals surface area (Å²) < 4.78 is 0. The zero-order valence-corrected chi connectivity index (χ0v) is 13.4. The lowest BCUT2D eigenvalue weighted by Gasteiger charge is -2.09. The normalized spacial score (nSPS) is 10.0. The summed E-state index contributed by atoms with van der Waals surface area (Å²) >= 11 is 1.18. The maximum absolute atomic E-state index is 12.3. The molecule has 2 rings (SSSR count). The number of anilines is 2. The van der Waals surface area contributed by atoms with Crippen molar-refractivity contribution >= 4 is 41.0 Å². The molecule has 0 saturated carbocycles. The lowest BCUT2D eigenvalue weighted by molar-refractivity contribution is -0.133. The molecular weight excluding hydrogens is 328 g/mol. The number of rotatable bonds is 6. The van der Waals surface area contributed by atoms with E-state index in [0.29, 0.717) is 16.9 Å². The molecule has 24 heavy (non-hydrogen) atoms. The molecule has 0 aliphatic rings. The average molecular weight is 344 g/mol. The van der Waals surface area contributed by atoms with Gasteiger partial charge >= 0.3 is 5.97 Å². The molecular formula is C16H16N4O3S. The van der Waals surface area contributed by atoms with Crippen molar-refractivity contribution in [1.29, 1.82) is 5.41 Å². The molecule has 0 heterocycles. The number of carbonyl (C=O) groups is 2. The van der Waals surface area contributed by atoms with E-state index in [4.69, 9.17) is 16.2 Å². The summed E-state index contributed by atoms with van der Waals surface area (Å²) in [6.45, 7) is 0. The number of carboxylic acid groups (broad SMARTS) is 1. The molecule has 7 nitrogen and oxygen atoms in total. The number of nitrogens with one attached hydrogen (secondary N) is 3. The Bertz CT molecular complexity index is 779. The van der Waals surface area contributed by atoms with Gasteiger partial charge in [-0.05, 0) is 36.4 Å². The SMILES string of the molecule is N=C(N)Nc1cccc(C(=O)Nc2cccc(SCC(=O)O)c2)c1. The Morgan fingerprint density at radius 1 is 1.08 bits per heavy atom. The van der Waals surface area contributed by atoms with Crippen LogP contribution >= 0.6 is 11.8 Å². The average Bonchev–Trinajstić information content (AvgIpc) is 2.53. The highest BCUT2D eigenvalue weighted by molar-refractivity contribution is 8.00. The minimum atomic E-state index is -0.899. The molecule has 0 fully saturated rings. The monoisotopic (exact) mass is 344 g/mol. The predicted octanol–water partition coefficient (Wildman–Crippen LogP) is 2.42. The molecule has 2 aromatic rings. The van der Waals surface area contributed by atoms with Crippen LogP contribution in [0.4, 0.5) is 11.4 Å². The molecule has 8 heteroatoms. The van der Waals surface area contributed by atoms with Crippen molar-refractivity contribution in [2.75, 3.05) is 16.4 Å². The van der Waals surface area contributed by atoms with Gasteiger partial charge in [0.25, 0.3) is 5.91 Å². The van der Waals surface area contributed by atoms with Gasteiger partial charge < -0.3 is 21.5 Å². The Labute approximate surface area is 142 Å². The van der Waals surface area contributed by atoms with Crippen molar-refractivity contribution in [2.24, 2.45) is 5.73 Å². The Hall–Kier alpha value is -3.00. The van der Waals surface area contributed by atoms with Gasteiger partial charge in [-0.25, -0.2) is 0 Å². The molecule has 2 aromatic carbocycles. The first-order chi connectivity index (χ1) is 11.4. The van der Waals surface area contributed by atoms with Crippen LogP contribution in [0.3, 0.4) is 0 Å². The smallest absolute Gasteiger partial charge is 0.313 e. The maximum atomic E-state index is 12.3. The number of hydrogen-bond donors (Lipinski definition) is 5. The van der Waals surface area contributed by atoms with Crippen LogP contribution in [0.2, 0.25) is 0 Å². The molecule has 0 aliphatic carbocycles. The lowest BCUT2D eigenvalue weighted by atomic mass is 10.2. The third kappa shape index (κ3) is 5.33. The van der Waals surface area contributed by atoms with Gasteiger partial charge in [0, 0.05) is 21.8 Å². The fraction of sp³-hybridized carbons (Fsp3) is 0.0625. The Balaban J connectivity index is 2.08. The number of hydrogen-bond acceptors (Lipinski definition) is 4. The highest BCUT2D eigenvalue weighted by atomic mass is 32.2. The number of carbonyl (C=O) groups excluding carboxylic acids is 1. The Morgan fingerprint density at radius 2 is 1.75 bits per heavy atom. The second-order valence-corrected chi connectivity index (χ2v) is 5.83. The number of thioether (sulfide) groups is 1. The maximum Gasteiger partial charge on any atom is 0.313 e. The topological polar surface area (TPSA) is 128 Å². The molecule has 1 amide bonds. The molecule has 0 radical (unpaired) electrons. The van der Waals surface area contributed by atoms with E-state index in [-0.39, 0.29) is 17.6 Å². The van der Waals surface area contributed by atoms with E-state index < -0.39 is 5.97 Å². The van der Waals surface area contributed by atoms with Gasteiger partial charge in [0.1, 0.15) is 0 Å². The van der Waals surface area contributed by atoms with Crippen LogP contribution in [0.25, 0.3) is 0 Å². The fourth-order valence-electron chi connectivity index (χ4n) is 1.91. The third-order valence-corrected chi connectivity index (χ3v) is 3.84. The minimum Gasteiger partial charge on any atom is -0.481 e. The summed E-state index contributed by atoms with van der Waals surface area (Å²) in [6, 6.07) is 13.6. The van der Waals surface area contributed by atoms with Crippen molar-refractivity contribution in [1.82, 2.24) is 0 Å². The van der Waals surface area contributed by atoms with Crippen LogP contribution in [0.15, 0.2) is 53.4 Å². The van der Waals surface area contributed by atoms with Crippen molar-refractivity contribution < 1.29 is 14.7 Å². The first-order valence-electron chi connectivity index (χ1n) is 6.91. The van der Waals surface area contributed by atoms with E-state index >= 15 is 0 Å². The molecule has 0 aromatic heterocycles. The molecule has 0 atom stereocenters. The number of amides is 1. The number of aliphatic carboxylic acids is 1. The molecule has 0 unspecified atom stereocenters. The van der Waals surface area contributed by atoms with E-state index in [0.717, 1.165) is 4.90 Å². The van der Waals surface area contributed by atoms with E-state index in [1.165, 1.54) is 11.8 Å². The number of benzene rings is 2. The second-order valence-electron chi connectivity index (χ2n) is 4.78. The Kier molecular flexibility index (Phi) is 5.80. The fourth-order valence-corrected chi connectivity index (χ4v) is 2.58. The molecule has 124 valence electrons. The summed E-state index contributed by atoms with van der Waals surface area (Å²) in [5, 5.41) is 21.3. The van der Waals surface area contributed by atoms with Crippen LogP contribution in [0.1, 0.15) is 10.4 Å². The molecule has 0 spiro atoms. The third-order valence-electron chi connectivity index (χ3n) is 2.86. The van der Waals surface area contributed by atoms with E-state index in [1.807, 2.05) is 0 Å². The van der Waals surface area contributed by atoms with E-state index in [9.17, 15) is 9.59 Å². The van der Waals surface area contributed by atoms with E-state index in [1.54, 1.807) is 48.5 Å². The summed E-state index contributed by atoms with van der Waals surface area (Å²) in [4.78, 5) is 23.7. The zero-order chi connectivity index (χ0) is 17.5. The van der Waals surface area contributed by atoms with Gasteiger partial charge in [-0.2, -0.15) is 0 Å². The van der Waals surface area contributed by atoms with Crippen molar-refractivity contribution in [3.8, 4) is 0 Å². The minimum absolute atomic E-state index is 0.0455. The van der Waals surface area contributed by atoms with Crippen LogP contribution in [0.5, 0.6) is 0 Å². The quantitative estimate of drug-likeness (QED) is 0.311. The number of carboxylic acids is 1. The highest BCUT2D eigenvalue weighted by Gasteiger charge is 2.08. The Morgan fingerprint density at radius 3 is 2.42 bits per heavy atom. The van der Waals surface area contributed by atoms with Crippen molar-refractivity contribution in [3.63, 3.8) is 0 Å². The van der Waals surface area contributed by atoms with Gasteiger partial charge in [-0.1, -0.05) is 12.1 Å². The summed E-state index contributed by atoms with van der Waals surface area (Å²) in [5.41, 5.74) is 6.79. The summed E-state index contributed by atoms with van der Waals surface area (Å²) in [7, 11) is 0. The highest BCUT2D eigenvalue weighted by Crippen LogP contribution is 2.22. The van der Waals surface area contributed by atoms with Gasteiger partial charge in [0.2, 0.25) is 0 Å². The lowest BCUT2D eigenvalue weighted by Crippen LogP contribution is -2.20. The predicted molar refractivity (Wildman–Crippen MR) is 94.7 cm³/mol. The zero-order valence-electron chi connectivity index (χ0n) is 12.6. The second kappa shape index (κ2) is 8.02. The van der Waals surface area contributed by atoms with Crippen molar-refractivity contribution in [3.05, 3.63) is 54.1 Å². The van der Waals surface area contributed by atoms with Gasteiger partial charge in [-0.15, -0.1) is 11.8 Å². The first kappa shape index (κ1) is 17.4. The first-order valence-corrected chi connectivity index (χ1v) is 7.90. The van der Waals surface area contributed by atoms with Crippen molar-refractivity contribution in [2.45, 2.75) is 4.90 Å². The van der Waals surface area contributed by atoms with Crippen LogP contribution in [0, 0.1) is 5.41 Å². The van der Waals surface area contributed by atoms with Gasteiger partial charge in [0.05, 0.1) is 5.75 Å². The molecule has 6 N–H and O–H groups in total. The van der Waals surface area contributed by atoms with Gasteiger partial charge in [0.15, 0.2) is 5.96 Å². The molecule has 0 saturated heterocycles. The summed E-state index contributed by atoms with van der Waals surface area (Å²) in [5.74, 6) is -1.47. The number of guanidine groups is 1. The van der Waals surface area contributed by atoms with Crippen LogP contribution in [-0.4, -0.2) is 28.7 Å². The summed E-state index contributed by atoms with van der Waals surface area (Å²) in [6.07, 6.45) is 0. The van der Waals surface area contributed by atoms with E-state index in [2.05, 4.69) is 10.6 Å². The largest absolute Gasteiger partial charge is 0.481 e. The van der Waals surface area contributed by atoms with Gasteiger partial charge in [-0.3, -0.25) is 15.0 Å².